The van der Waals surface area contributed by atoms with Gasteiger partial charge in [-0.25, -0.2) is 14.8 Å². The van der Waals surface area contributed by atoms with E-state index >= 15 is 0 Å². The largest absolute Gasteiger partial charge is 0.462 e. The van der Waals surface area contributed by atoms with Gasteiger partial charge < -0.3 is 15.0 Å². The first-order valence-corrected chi connectivity index (χ1v) is 21.2. The summed E-state index contributed by atoms with van der Waals surface area (Å²) in [5, 5.41) is 3.46. The van der Waals surface area contributed by atoms with Gasteiger partial charge in [-0.05, 0) is 86.3 Å². The van der Waals surface area contributed by atoms with Crippen molar-refractivity contribution < 1.29 is 14.3 Å². The van der Waals surface area contributed by atoms with E-state index in [4.69, 9.17) is 14.7 Å². The number of ether oxygens (including phenoxy) is 1. The average molecular weight is 784 g/mol. The Morgan fingerprint density at radius 3 is 2.09 bits per heavy atom. The summed E-state index contributed by atoms with van der Waals surface area (Å²) >= 11 is 0. The number of carbonyl (C=O) groups excluding carboxylic acids is 2. The second kappa shape index (κ2) is 22.4. The number of hydrogen-bond donors (Lipinski definition) is 1. The number of hydrogen-bond acceptors (Lipinski definition) is 7. The number of nitrogens with zero attached hydrogens (tertiary/aromatic N) is 4. The Bertz CT molecular complexity index is 2210. The minimum absolute atomic E-state index is 0.0298. The molecular formula is C49H61N5O4. The molecule has 5 aromatic rings. The molecule has 0 aliphatic carbocycles. The fourth-order valence-corrected chi connectivity index (χ4v) is 7.03. The number of unbranched alkanes of at least 4 members (excludes halogenated alkanes) is 11. The molecule has 9 nitrogen and oxygen atoms in total. The number of rotatable bonds is 22. The molecule has 0 aliphatic rings. The van der Waals surface area contributed by atoms with E-state index in [0.29, 0.717) is 34.4 Å². The molecule has 1 heterocycles. The fourth-order valence-electron chi connectivity index (χ4n) is 7.03. The highest BCUT2D eigenvalue weighted by Gasteiger charge is 2.24. The summed E-state index contributed by atoms with van der Waals surface area (Å²) in [6.07, 6.45) is 14.8. The monoisotopic (exact) mass is 783 g/mol. The molecule has 0 aliphatic heterocycles. The molecule has 0 saturated heterocycles. The lowest BCUT2D eigenvalue weighted by atomic mass is 10.1. The van der Waals surface area contributed by atoms with Gasteiger partial charge in [0.15, 0.2) is 11.5 Å². The van der Waals surface area contributed by atoms with E-state index in [1.165, 1.54) is 62.4 Å². The molecule has 1 amide bonds. The maximum atomic E-state index is 14.6. The first kappa shape index (κ1) is 43.6. The third-order valence-electron chi connectivity index (χ3n) is 10.8. The molecular weight excluding hydrogens is 723 g/mol. The summed E-state index contributed by atoms with van der Waals surface area (Å²) in [7, 11) is 2.02. The highest BCUT2D eigenvalue weighted by Crippen LogP contribution is 2.26. The van der Waals surface area contributed by atoms with Crippen molar-refractivity contribution in [2.24, 2.45) is 4.99 Å². The van der Waals surface area contributed by atoms with Crippen LogP contribution in [0.4, 0.5) is 17.1 Å². The van der Waals surface area contributed by atoms with Crippen molar-refractivity contribution in [1.29, 1.82) is 0 Å². The number of aryl methyl sites for hydroxylation is 2. The quantitative estimate of drug-likeness (QED) is 0.0426. The van der Waals surface area contributed by atoms with Gasteiger partial charge in [-0.15, -0.1) is 0 Å². The Balaban J connectivity index is 1.36. The van der Waals surface area contributed by atoms with Crippen LogP contribution in [0, 0.1) is 13.8 Å². The number of nitrogens with one attached hydrogen (secondary N) is 1. The molecule has 0 saturated carbocycles. The smallest absolute Gasteiger partial charge is 0.338 e. The standard InChI is InChI=1S/C49H61N5O4/c1-6-8-9-10-11-12-13-14-15-16-17-23-32-58-49(57)39-29-28-36(3)44(34-39)52-47(55)45(50-42-31-30-40(33-37(42)4)53(5)7-2)46-51-43-27-22-21-26-41(43)48(56)54(46)35-38-24-19-18-20-25-38/h18-22,24-31,33-34H,6-17,23,32,35H2,1-5H3,(H,52,55). The number of fused-ring (bicyclic) bond motifs is 1. The normalized spacial score (nSPS) is 11.5. The van der Waals surface area contributed by atoms with Crippen molar-refractivity contribution in [2.75, 3.05) is 30.4 Å². The first-order valence-electron chi connectivity index (χ1n) is 21.2. The van der Waals surface area contributed by atoms with Crippen LogP contribution in [0.5, 0.6) is 0 Å². The van der Waals surface area contributed by atoms with Gasteiger partial charge in [0.2, 0.25) is 0 Å². The lowest BCUT2D eigenvalue weighted by molar-refractivity contribution is -0.110. The zero-order valence-corrected chi connectivity index (χ0v) is 35.2. The van der Waals surface area contributed by atoms with E-state index in [-0.39, 0.29) is 23.6 Å². The van der Waals surface area contributed by atoms with Gasteiger partial charge in [-0.1, -0.05) is 126 Å². The molecule has 1 aromatic heterocycles. The first-order chi connectivity index (χ1) is 28.2. The van der Waals surface area contributed by atoms with Gasteiger partial charge in [0, 0.05) is 25.0 Å². The predicted octanol–water partition coefficient (Wildman–Crippen LogP) is 11.1. The summed E-state index contributed by atoms with van der Waals surface area (Å²) in [4.78, 5) is 54.0. The number of esters is 1. The number of para-hydroxylation sites is 1. The van der Waals surface area contributed by atoms with E-state index in [1.54, 1.807) is 36.4 Å². The Hall–Kier alpha value is -5.57. The second-order valence-electron chi connectivity index (χ2n) is 15.3. The van der Waals surface area contributed by atoms with Gasteiger partial charge in [-0.3, -0.25) is 14.2 Å². The minimum Gasteiger partial charge on any atom is -0.462 e. The van der Waals surface area contributed by atoms with Crippen molar-refractivity contribution in [1.82, 2.24) is 9.55 Å². The van der Waals surface area contributed by atoms with Crippen LogP contribution in [0.25, 0.3) is 10.9 Å². The van der Waals surface area contributed by atoms with Crippen molar-refractivity contribution in [2.45, 2.75) is 111 Å². The summed E-state index contributed by atoms with van der Waals surface area (Å²) in [5.41, 5.74) is 4.99. The van der Waals surface area contributed by atoms with Crippen LogP contribution in [0.1, 0.15) is 124 Å². The summed E-state index contributed by atoms with van der Waals surface area (Å²) in [6, 6.07) is 27.7. The third kappa shape index (κ3) is 12.2. The van der Waals surface area contributed by atoms with Crippen LogP contribution >= 0.6 is 0 Å². The molecule has 0 unspecified atom stereocenters. The van der Waals surface area contributed by atoms with Crippen molar-refractivity contribution in [3.05, 3.63) is 129 Å². The number of amides is 1. The zero-order chi connectivity index (χ0) is 41.3. The van der Waals surface area contributed by atoms with Crippen LogP contribution in [0.2, 0.25) is 0 Å². The minimum atomic E-state index is -0.566. The SMILES string of the molecule is CCCCCCCCCCCCCCOC(=O)c1ccc(C)c(NC(=O)C(=Nc2ccc(N(C)CC)cc2C)c2nc3ccccc3c(=O)n2Cc2ccccc2)c1. The van der Waals surface area contributed by atoms with Crippen LogP contribution in [-0.4, -0.2) is 47.3 Å². The van der Waals surface area contributed by atoms with E-state index in [0.717, 1.165) is 48.2 Å². The number of aliphatic imine (C=N–C) groups is 1. The lowest BCUT2D eigenvalue weighted by Gasteiger charge is -2.19. The van der Waals surface area contributed by atoms with Gasteiger partial charge in [0.1, 0.15) is 0 Å². The summed E-state index contributed by atoms with van der Waals surface area (Å²) in [5.74, 6) is -0.869. The average Bonchev–Trinajstić information content (AvgIpc) is 3.23. The second-order valence-corrected chi connectivity index (χ2v) is 15.3. The zero-order valence-electron chi connectivity index (χ0n) is 35.2. The van der Waals surface area contributed by atoms with Crippen LogP contribution in [-0.2, 0) is 16.1 Å². The molecule has 0 atom stereocenters. The van der Waals surface area contributed by atoms with Gasteiger partial charge in [0.25, 0.3) is 11.5 Å². The van der Waals surface area contributed by atoms with Gasteiger partial charge in [0.05, 0.1) is 35.3 Å². The Kier molecular flexibility index (Phi) is 16.8. The van der Waals surface area contributed by atoms with Crippen molar-refractivity contribution in [3.8, 4) is 0 Å². The van der Waals surface area contributed by atoms with Crippen LogP contribution < -0.4 is 15.8 Å². The topological polar surface area (TPSA) is 106 Å². The Labute approximate surface area is 344 Å². The number of benzene rings is 4. The Morgan fingerprint density at radius 1 is 0.759 bits per heavy atom. The molecule has 0 radical (unpaired) electrons. The van der Waals surface area contributed by atoms with E-state index in [1.807, 2.05) is 75.5 Å². The van der Waals surface area contributed by atoms with Gasteiger partial charge in [-0.2, -0.15) is 0 Å². The molecule has 0 fully saturated rings. The third-order valence-corrected chi connectivity index (χ3v) is 10.8. The summed E-state index contributed by atoms with van der Waals surface area (Å²) in [6.45, 7) is 9.50. The van der Waals surface area contributed by atoms with Crippen LogP contribution in [0.3, 0.4) is 0 Å². The van der Waals surface area contributed by atoms with Crippen molar-refractivity contribution in [3.63, 3.8) is 0 Å². The highest BCUT2D eigenvalue weighted by molar-refractivity contribution is 6.48. The number of anilines is 2. The summed E-state index contributed by atoms with van der Waals surface area (Å²) < 4.78 is 7.18. The Morgan fingerprint density at radius 2 is 1.41 bits per heavy atom. The maximum absolute atomic E-state index is 14.6. The number of aromatic nitrogens is 2. The molecule has 0 spiro atoms. The molecule has 306 valence electrons. The lowest BCUT2D eigenvalue weighted by Crippen LogP contribution is -2.34. The number of carbonyl (C=O) groups is 2. The predicted molar refractivity (Wildman–Crippen MR) is 239 cm³/mol. The maximum Gasteiger partial charge on any atom is 0.338 e. The van der Waals surface area contributed by atoms with E-state index in [2.05, 4.69) is 24.1 Å². The van der Waals surface area contributed by atoms with E-state index in [9.17, 15) is 14.4 Å². The fraction of sp³-hybridized carbons (Fsp3) is 0.408. The van der Waals surface area contributed by atoms with Crippen molar-refractivity contribution >= 4 is 45.6 Å². The molecule has 0 bridgehead atoms. The molecule has 4 aromatic carbocycles. The van der Waals surface area contributed by atoms with Gasteiger partial charge >= 0.3 is 5.97 Å². The molecule has 58 heavy (non-hydrogen) atoms. The van der Waals surface area contributed by atoms with Crippen LogP contribution in [0.15, 0.2) is 101 Å². The molecule has 1 N–H and O–H groups in total. The van der Waals surface area contributed by atoms with E-state index < -0.39 is 11.9 Å². The molecule has 9 heteroatoms. The highest BCUT2D eigenvalue weighted by atomic mass is 16.5. The molecule has 5 rings (SSSR count).